The van der Waals surface area contributed by atoms with Crippen LogP contribution in [-0.2, 0) is 22.8 Å². The number of thiophene rings is 1. The van der Waals surface area contributed by atoms with Crippen LogP contribution in [0.5, 0.6) is 0 Å². The van der Waals surface area contributed by atoms with Crippen molar-refractivity contribution in [3.63, 3.8) is 0 Å². The molecule has 3 rings (SSSR count). The Morgan fingerprint density at radius 2 is 1.87 bits per heavy atom. The number of hydrogen-bond acceptors (Lipinski definition) is 6. The summed E-state index contributed by atoms with van der Waals surface area (Å²) in [6.07, 6.45) is 1.78. The Morgan fingerprint density at radius 3 is 2.43 bits per heavy atom. The molecule has 0 unspecified atom stereocenters. The van der Waals surface area contributed by atoms with Gasteiger partial charge in [0.05, 0.1) is 16.2 Å². The van der Waals surface area contributed by atoms with Gasteiger partial charge in [0.15, 0.2) is 9.84 Å². The van der Waals surface area contributed by atoms with Crippen molar-refractivity contribution >= 4 is 50.4 Å². The minimum absolute atomic E-state index is 0. The Kier molecular flexibility index (Phi) is 8.04. The molecule has 7 nitrogen and oxygen atoms in total. The standard InChI is InChI=1S/C20H25N3O4S2.ClH/c1-3-10-23-11-9-15-16(12-23)28-20(17(15)18(21)24)22-19(25)13-5-7-14(8-6-13)29(26,27)4-2;/h5-8H,3-4,9-12H2,1-2H3,(H2,21,24)(H,22,25);1H. The van der Waals surface area contributed by atoms with Crippen molar-refractivity contribution in [3.05, 3.63) is 45.8 Å². The summed E-state index contributed by atoms with van der Waals surface area (Å²) < 4.78 is 23.8. The molecule has 2 heterocycles. The van der Waals surface area contributed by atoms with Crippen LogP contribution in [0.25, 0.3) is 0 Å². The molecule has 1 aromatic heterocycles. The molecule has 164 valence electrons. The molecule has 1 aliphatic rings. The number of nitrogens with two attached hydrogens (primary N) is 1. The molecule has 30 heavy (non-hydrogen) atoms. The molecule has 0 fully saturated rings. The largest absolute Gasteiger partial charge is 0.365 e. The van der Waals surface area contributed by atoms with Gasteiger partial charge < -0.3 is 11.1 Å². The lowest BCUT2D eigenvalue weighted by atomic mass is 10.0. The number of rotatable bonds is 7. The molecule has 0 saturated carbocycles. The zero-order valence-corrected chi connectivity index (χ0v) is 19.4. The number of nitrogens with one attached hydrogen (secondary N) is 1. The van der Waals surface area contributed by atoms with Crippen LogP contribution in [-0.4, -0.2) is 44.0 Å². The molecule has 0 atom stereocenters. The second-order valence-electron chi connectivity index (χ2n) is 6.98. The van der Waals surface area contributed by atoms with Gasteiger partial charge in [-0.1, -0.05) is 13.8 Å². The smallest absolute Gasteiger partial charge is 0.256 e. The summed E-state index contributed by atoms with van der Waals surface area (Å²) in [5.41, 5.74) is 7.24. The van der Waals surface area contributed by atoms with Gasteiger partial charge in [-0.2, -0.15) is 0 Å². The first kappa shape index (κ1) is 24.3. The molecule has 0 radical (unpaired) electrons. The van der Waals surface area contributed by atoms with Gasteiger partial charge in [-0.05, 0) is 49.2 Å². The van der Waals surface area contributed by atoms with Gasteiger partial charge in [-0.25, -0.2) is 8.42 Å². The van der Waals surface area contributed by atoms with E-state index in [0.717, 1.165) is 42.9 Å². The number of hydrogen-bond donors (Lipinski definition) is 2. The van der Waals surface area contributed by atoms with E-state index in [1.165, 1.54) is 35.6 Å². The van der Waals surface area contributed by atoms with Crippen LogP contribution >= 0.6 is 23.7 Å². The van der Waals surface area contributed by atoms with Gasteiger partial charge in [-0.15, -0.1) is 23.7 Å². The predicted octanol–water partition coefficient (Wildman–Crippen LogP) is 3.08. The maximum absolute atomic E-state index is 12.7. The van der Waals surface area contributed by atoms with E-state index >= 15 is 0 Å². The summed E-state index contributed by atoms with van der Waals surface area (Å²) in [4.78, 5) is 28.3. The number of carbonyl (C=O) groups excluding carboxylic acids is 2. The number of halogens is 1. The Hall–Kier alpha value is -1.94. The Labute approximate surface area is 187 Å². The number of benzene rings is 1. The second-order valence-corrected chi connectivity index (χ2v) is 10.4. The monoisotopic (exact) mass is 471 g/mol. The average Bonchev–Trinajstić information content (AvgIpc) is 3.05. The van der Waals surface area contributed by atoms with Crippen molar-refractivity contribution in [1.82, 2.24) is 4.90 Å². The first-order valence-electron chi connectivity index (χ1n) is 9.57. The lowest BCUT2D eigenvalue weighted by Crippen LogP contribution is -2.31. The fraction of sp³-hybridized carbons (Fsp3) is 0.400. The van der Waals surface area contributed by atoms with Gasteiger partial charge >= 0.3 is 0 Å². The Balaban J connectivity index is 0.00000320. The summed E-state index contributed by atoms with van der Waals surface area (Å²) >= 11 is 1.38. The quantitative estimate of drug-likeness (QED) is 0.644. The number of carbonyl (C=O) groups is 2. The molecule has 1 aromatic carbocycles. The highest BCUT2D eigenvalue weighted by Crippen LogP contribution is 2.37. The van der Waals surface area contributed by atoms with E-state index in [4.69, 9.17) is 5.73 Å². The maximum atomic E-state index is 12.7. The minimum atomic E-state index is -3.33. The van der Waals surface area contributed by atoms with Crippen molar-refractivity contribution in [3.8, 4) is 0 Å². The van der Waals surface area contributed by atoms with Crippen LogP contribution in [0.15, 0.2) is 29.2 Å². The third-order valence-corrected chi connectivity index (χ3v) is 7.89. The maximum Gasteiger partial charge on any atom is 0.256 e. The lowest BCUT2D eigenvalue weighted by molar-refractivity contribution is 0.1000. The third kappa shape index (κ3) is 5.03. The molecule has 0 aliphatic carbocycles. The Bertz CT molecular complexity index is 1030. The van der Waals surface area contributed by atoms with Gasteiger partial charge in [0.1, 0.15) is 5.00 Å². The van der Waals surface area contributed by atoms with Crippen molar-refractivity contribution < 1.29 is 18.0 Å². The number of sulfone groups is 1. The SMILES string of the molecule is CCCN1CCc2c(sc(NC(=O)c3ccc(S(=O)(=O)CC)cc3)c2C(N)=O)C1.Cl. The number of nitrogens with zero attached hydrogens (tertiary/aromatic N) is 1. The van der Waals surface area contributed by atoms with E-state index < -0.39 is 21.7 Å². The summed E-state index contributed by atoms with van der Waals surface area (Å²) in [7, 11) is -3.33. The minimum Gasteiger partial charge on any atom is -0.365 e. The topological polar surface area (TPSA) is 110 Å². The highest BCUT2D eigenvalue weighted by atomic mass is 35.5. The fourth-order valence-corrected chi connectivity index (χ4v) is 5.64. The van der Waals surface area contributed by atoms with E-state index in [0.29, 0.717) is 16.1 Å². The number of amides is 2. The molecular formula is C20H26ClN3O4S2. The van der Waals surface area contributed by atoms with E-state index in [1.54, 1.807) is 6.92 Å². The van der Waals surface area contributed by atoms with Crippen molar-refractivity contribution in [2.24, 2.45) is 5.73 Å². The van der Waals surface area contributed by atoms with E-state index in [9.17, 15) is 18.0 Å². The number of fused-ring (bicyclic) bond motifs is 1. The molecule has 0 bridgehead atoms. The summed E-state index contributed by atoms with van der Waals surface area (Å²) in [5.74, 6) is -0.959. The summed E-state index contributed by atoms with van der Waals surface area (Å²) in [6, 6.07) is 5.78. The molecule has 0 spiro atoms. The average molecular weight is 472 g/mol. The zero-order chi connectivity index (χ0) is 21.2. The highest BCUT2D eigenvalue weighted by molar-refractivity contribution is 7.91. The van der Waals surface area contributed by atoms with Gasteiger partial charge in [-0.3, -0.25) is 14.5 Å². The van der Waals surface area contributed by atoms with E-state index in [2.05, 4.69) is 17.1 Å². The fourth-order valence-electron chi connectivity index (χ4n) is 3.47. The van der Waals surface area contributed by atoms with Gasteiger partial charge in [0.25, 0.3) is 11.8 Å². The van der Waals surface area contributed by atoms with Crippen molar-refractivity contribution in [2.75, 3.05) is 24.2 Å². The molecule has 2 amide bonds. The number of primary amides is 1. The molecule has 2 aromatic rings. The first-order chi connectivity index (χ1) is 13.8. The lowest BCUT2D eigenvalue weighted by Gasteiger charge is -2.26. The van der Waals surface area contributed by atoms with Crippen molar-refractivity contribution in [1.29, 1.82) is 0 Å². The van der Waals surface area contributed by atoms with Crippen LogP contribution in [0, 0.1) is 0 Å². The Morgan fingerprint density at radius 1 is 1.20 bits per heavy atom. The van der Waals surface area contributed by atoms with Crippen LogP contribution in [0.3, 0.4) is 0 Å². The predicted molar refractivity (Wildman–Crippen MR) is 121 cm³/mol. The molecular weight excluding hydrogens is 446 g/mol. The van der Waals surface area contributed by atoms with Gasteiger partial charge in [0, 0.05) is 23.5 Å². The van der Waals surface area contributed by atoms with E-state index in [-0.39, 0.29) is 23.1 Å². The second kappa shape index (κ2) is 9.91. The van der Waals surface area contributed by atoms with Crippen molar-refractivity contribution in [2.45, 2.75) is 38.1 Å². The van der Waals surface area contributed by atoms with Crippen LogP contribution in [0.4, 0.5) is 5.00 Å². The molecule has 3 N–H and O–H groups in total. The van der Waals surface area contributed by atoms with Gasteiger partial charge in [0.2, 0.25) is 0 Å². The third-order valence-electron chi connectivity index (χ3n) is 5.00. The van der Waals surface area contributed by atoms with Crippen LogP contribution < -0.4 is 11.1 Å². The molecule has 1 aliphatic heterocycles. The zero-order valence-electron chi connectivity index (χ0n) is 16.9. The summed E-state index contributed by atoms with van der Waals surface area (Å²) in [6.45, 7) is 6.28. The summed E-state index contributed by atoms with van der Waals surface area (Å²) in [5, 5.41) is 3.25. The molecule has 10 heteroatoms. The highest BCUT2D eigenvalue weighted by Gasteiger charge is 2.27. The normalized spacial score (nSPS) is 13.9. The molecule has 0 saturated heterocycles. The first-order valence-corrected chi connectivity index (χ1v) is 12.0. The van der Waals surface area contributed by atoms with E-state index in [1.807, 2.05) is 0 Å². The van der Waals surface area contributed by atoms with Crippen LogP contribution in [0.1, 0.15) is 51.4 Å². The number of anilines is 1. The van der Waals surface area contributed by atoms with Crippen LogP contribution in [0.2, 0.25) is 0 Å².